The number of nitrogens with zero attached hydrogens (tertiary/aromatic N) is 1. The van der Waals surface area contributed by atoms with E-state index in [9.17, 15) is 9.59 Å². The Morgan fingerprint density at radius 3 is 2.36 bits per heavy atom. The molecule has 0 rings (SSSR count). The van der Waals surface area contributed by atoms with Gasteiger partial charge in [0.2, 0.25) is 0 Å². The average Bonchev–Trinajstić information content (AvgIpc) is 1.98. The van der Waals surface area contributed by atoms with Crippen molar-refractivity contribution < 1.29 is 19.2 Å². The van der Waals surface area contributed by atoms with Crippen molar-refractivity contribution in [2.75, 3.05) is 13.7 Å². The van der Waals surface area contributed by atoms with Gasteiger partial charge in [-0.05, 0) is 6.92 Å². The van der Waals surface area contributed by atoms with Crippen LogP contribution in [0.3, 0.4) is 0 Å². The minimum Gasteiger partial charge on any atom is -0.451 e. The number of ether oxygens (including phenoxy) is 1. The second-order valence-electron chi connectivity index (χ2n) is 1.58. The molecule has 0 aliphatic heterocycles. The van der Waals surface area contributed by atoms with E-state index >= 15 is 0 Å². The maximum absolute atomic E-state index is 10.6. The van der Waals surface area contributed by atoms with E-state index in [0.29, 0.717) is 5.06 Å². The van der Waals surface area contributed by atoms with Crippen molar-refractivity contribution in [3.63, 3.8) is 0 Å². The summed E-state index contributed by atoms with van der Waals surface area (Å²) >= 11 is 0. The average molecular weight is 162 g/mol. The van der Waals surface area contributed by atoms with Crippen LogP contribution in [0.15, 0.2) is 0 Å². The van der Waals surface area contributed by atoms with Gasteiger partial charge in [-0.2, -0.15) is 0 Å². The first kappa shape index (κ1) is 9.54. The lowest BCUT2D eigenvalue weighted by atomic mass is 10.7. The second kappa shape index (κ2) is 4.37. The number of methoxy groups -OCH3 is 1. The lowest BCUT2D eigenvalue weighted by Crippen LogP contribution is -2.35. The maximum Gasteiger partial charge on any atom is 0.443 e. The quantitative estimate of drug-likeness (QED) is 0.554. The lowest BCUT2D eigenvalue weighted by molar-refractivity contribution is -0.0724. The van der Waals surface area contributed by atoms with Crippen LogP contribution >= 0.6 is 0 Å². The van der Waals surface area contributed by atoms with Crippen molar-refractivity contribution in [2.45, 2.75) is 6.92 Å². The monoisotopic (exact) mass is 162 g/mol. The summed E-state index contributed by atoms with van der Waals surface area (Å²) in [6, 6.07) is 0. The molecule has 6 heteroatoms. The Labute approximate surface area is 63.8 Å². The first-order chi connectivity index (χ1) is 5.11. The Bertz CT molecular complexity index is 159. The van der Waals surface area contributed by atoms with Crippen LogP contribution in [0, 0.1) is 0 Å². The van der Waals surface area contributed by atoms with Gasteiger partial charge in [0.1, 0.15) is 0 Å². The smallest absolute Gasteiger partial charge is 0.443 e. The Kier molecular flexibility index (Phi) is 3.79. The number of rotatable bonds is 1. The van der Waals surface area contributed by atoms with Crippen LogP contribution in [-0.2, 0) is 9.57 Å². The van der Waals surface area contributed by atoms with E-state index in [-0.39, 0.29) is 6.54 Å². The van der Waals surface area contributed by atoms with E-state index < -0.39 is 12.2 Å². The number of hydroxylamine groups is 2. The molecule has 0 heterocycles. The molecule has 0 aromatic rings. The zero-order valence-corrected chi connectivity index (χ0v) is 6.36. The zero-order valence-electron chi connectivity index (χ0n) is 6.36. The van der Waals surface area contributed by atoms with Gasteiger partial charge in [-0.3, -0.25) is 0 Å². The standard InChI is InChI=1S/C5H10N2O4/c1-3-7(5(9)10-2)11-4(6)8/h3H2,1-2H3,(H2,6,8). The fourth-order valence-corrected chi connectivity index (χ4v) is 0.441. The van der Waals surface area contributed by atoms with Crippen LogP contribution in [0.4, 0.5) is 9.59 Å². The molecule has 0 aromatic carbocycles. The van der Waals surface area contributed by atoms with Gasteiger partial charge in [-0.25, -0.2) is 9.59 Å². The molecular weight excluding hydrogens is 152 g/mol. The molecule has 0 saturated carbocycles. The van der Waals surface area contributed by atoms with Gasteiger partial charge in [0.15, 0.2) is 0 Å². The normalized spacial score (nSPS) is 8.55. The third-order valence-corrected chi connectivity index (χ3v) is 0.866. The molecule has 0 saturated heterocycles. The molecule has 2 amide bonds. The molecule has 0 bridgehead atoms. The van der Waals surface area contributed by atoms with Gasteiger partial charge in [0.05, 0.1) is 13.7 Å². The third-order valence-electron chi connectivity index (χ3n) is 0.866. The summed E-state index contributed by atoms with van der Waals surface area (Å²) < 4.78 is 4.26. The summed E-state index contributed by atoms with van der Waals surface area (Å²) in [6.45, 7) is 1.80. The molecule has 2 N–H and O–H groups in total. The molecule has 0 spiro atoms. The van der Waals surface area contributed by atoms with Crippen LogP contribution in [0.1, 0.15) is 6.92 Å². The summed E-state index contributed by atoms with van der Waals surface area (Å²) in [5.74, 6) is 0. The first-order valence-electron chi connectivity index (χ1n) is 2.94. The molecule has 64 valence electrons. The van der Waals surface area contributed by atoms with Crippen LogP contribution in [0.2, 0.25) is 0 Å². The summed E-state index contributed by atoms with van der Waals surface area (Å²) in [5.41, 5.74) is 4.65. The number of carbonyl (C=O) groups excluding carboxylic acids is 2. The summed E-state index contributed by atoms with van der Waals surface area (Å²) in [7, 11) is 1.18. The highest BCUT2D eigenvalue weighted by atomic mass is 16.8. The molecule has 0 aromatic heterocycles. The number of amides is 2. The minimum atomic E-state index is -1.04. The second-order valence-corrected chi connectivity index (χ2v) is 1.58. The topological polar surface area (TPSA) is 81.9 Å². The Hall–Kier alpha value is -1.46. The van der Waals surface area contributed by atoms with Crippen molar-refractivity contribution >= 4 is 12.2 Å². The van der Waals surface area contributed by atoms with Crippen LogP contribution in [0.25, 0.3) is 0 Å². The number of primary amides is 1. The van der Waals surface area contributed by atoms with Gasteiger partial charge in [-0.1, -0.05) is 0 Å². The number of hydrogen-bond donors (Lipinski definition) is 1. The highest BCUT2D eigenvalue weighted by Gasteiger charge is 2.14. The van der Waals surface area contributed by atoms with Gasteiger partial charge in [0, 0.05) is 0 Å². The minimum absolute atomic E-state index is 0.190. The Balaban J connectivity index is 3.94. The Morgan fingerprint density at radius 2 is 2.09 bits per heavy atom. The first-order valence-corrected chi connectivity index (χ1v) is 2.94. The summed E-state index contributed by atoms with van der Waals surface area (Å²) in [6.07, 6.45) is -1.80. The summed E-state index contributed by atoms with van der Waals surface area (Å²) in [5, 5.41) is 0.711. The fraction of sp³-hybridized carbons (Fsp3) is 0.600. The van der Waals surface area contributed by atoms with Gasteiger partial charge in [0.25, 0.3) is 0 Å². The Morgan fingerprint density at radius 1 is 1.55 bits per heavy atom. The molecular formula is C5H10N2O4. The van der Waals surface area contributed by atoms with Crippen molar-refractivity contribution in [3.8, 4) is 0 Å². The van der Waals surface area contributed by atoms with E-state index in [1.807, 2.05) is 0 Å². The van der Waals surface area contributed by atoms with Crippen LogP contribution in [0.5, 0.6) is 0 Å². The highest BCUT2D eigenvalue weighted by Crippen LogP contribution is 1.92. The largest absolute Gasteiger partial charge is 0.451 e. The molecule has 0 radical (unpaired) electrons. The van der Waals surface area contributed by atoms with Crippen molar-refractivity contribution in [1.82, 2.24) is 5.06 Å². The molecule has 0 atom stereocenters. The van der Waals surface area contributed by atoms with Crippen molar-refractivity contribution in [2.24, 2.45) is 5.73 Å². The number of nitrogens with two attached hydrogens (primary N) is 1. The van der Waals surface area contributed by atoms with E-state index in [1.165, 1.54) is 7.11 Å². The number of carbonyl (C=O) groups is 2. The molecule has 0 aliphatic rings. The predicted octanol–water partition coefficient (Wildman–Crippen LogP) is 0.0850. The maximum atomic E-state index is 10.6. The number of hydrogen-bond acceptors (Lipinski definition) is 4. The molecule has 6 nitrogen and oxygen atoms in total. The summed E-state index contributed by atoms with van der Waals surface area (Å²) in [4.78, 5) is 25.0. The highest BCUT2D eigenvalue weighted by molar-refractivity contribution is 5.70. The molecule has 11 heavy (non-hydrogen) atoms. The van der Waals surface area contributed by atoms with Crippen LogP contribution < -0.4 is 5.73 Å². The molecule has 0 unspecified atom stereocenters. The third kappa shape index (κ3) is 3.29. The lowest BCUT2D eigenvalue weighted by Gasteiger charge is -2.15. The van der Waals surface area contributed by atoms with E-state index in [1.54, 1.807) is 6.92 Å². The van der Waals surface area contributed by atoms with Gasteiger partial charge < -0.3 is 15.3 Å². The van der Waals surface area contributed by atoms with E-state index in [4.69, 9.17) is 0 Å². The fourth-order valence-electron chi connectivity index (χ4n) is 0.441. The van der Waals surface area contributed by atoms with Crippen LogP contribution in [-0.4, -0.2) is 30.9 Å². The van der Waals surface area contributed by atoms with Crippen molar-refractivity contribution in [3.05, 3.63) is 0 Å². The molecule has 0 aliphatic carbocycles. The van der Waals surface area contributed by atoms with Gasteiger partial charge >= 0.3 is 12.2 Å². The van der Waals surface area contributed by atoms with Gasteiger partial charge in [-0.15, -0.1) is 5.06 Å². The van der Waals surface area contributed by atoms with E-state index in [2.05, 4.69) is 15.3 Å². The van der Waals surface area contributed by atoms with Crippen molar-refractivity contribution in [1.29, 1.82) is 0 Å². The SMILES string of the molecule is CCN(OC(N)=O)C(=O)OC. The predicted molar refractivity (Wildman–Crippen MR) is 35.5 cm³/mol. The van der Waals surface area contributed by atoms with E-state index in [0.717, 1.165) is 0 Å². The zero-order chi connectivity index (χ0) is 8.85. The molecule has 0 fully saturated rings.